The van der Waals surface area contributed by atoms with Crippen molar-refractivity contribution in [3.8, 4) is 11.5 Å². The Morgan fingerprint density at radius 3 is 2.67 bits per heavy atom. The van der Waals surface area contributed by atoms with E-state index in [1.807, 2.05) is 50.4 Å². The SMILES string of the molecule is CCOc1ccc(C(CC2=NC=CCC2)c2ccc3ccc(C)nc3c2O)cc1C. The number of aliphatic imine (C=N–C) groups is 1. The van der Waals surface area contributed by atoms with E-state index in [0.29, 0.717) is 12.1 Å². The molecule has 0 saturated heterocycles. The van der Waals surface area contributed by atoms with Gasteiger partial charge in [-0.05, 0) is 63.3 Å². The molecule has 4 heteroatoms. The highest BCUT2D eigenvalue weighted by Crippen LogP contribution is 2.39. The molecule has 154 valence electrons. The molecule has 0 amide bonds. The number of aromatic hydroxyl groups is 1. The normalized spacial score (nSPS) is 14.6. The molecule has 1 unspecified atom stereocenters. The van der Waals surface area contributed by atoms with Crippen molar-refractivity contribution in [1.29, 1.82) is 0 Å². The maximum absolute atomic E-state index is 11.2. The third kappa shape index (κ3) is 4.09. The minimum Gasteiger partial charge on any atom is -0.505 e. The minimum absolute atomic E-state index is 0.00339. The van der Waals surface area contributed by atoms with Crippen molar-refractivity contribution >= 4 is 16.6 Å². The van der Waals surface area contributed by atoms with Crippen LogP contribution in [0.4, 0.5) is 0 Å². The van der Waals surface area contributed by atoms with Gasteiger partial charge in [0.05, 0.1) is 6.61 Å². The summed E-state index contributed by atoms with van der Waals surface area (Å²) < 4.78 is 5.73. The van der Waals surface area contributed by atoms with Crippen molar-refractivity contribution in [1.82, 2.24) is 4.98 Å². The number of aryl methyl sites for hydroxylation is 2. The number of phenols is 1. The molecule has 1 aromatic heterocycles. The van der Waals surface area contributed by atoms with Crippen LogP contribution in [-0.2, 0) is 0 Å². The van der Waals surface area contributed by atoms with Gasteiger partial charge >= 0.3 is 0 Å². The summed E-state index contributed by atoms with van der Waals surface area (Å²) in [5.74, 6) is 1.16. The van der Waals surface area contributed by atoms with Crippen LogP contribution in [0.15, 0.2) is 59.7 Å². The number of nitrogens with zero attached hydrogens (tertiary/aromatic N) is 2. The van der Waals surface area contributed by atoms with Gasteiger partial charge in [0.15, 0.2) is 0 Å². The van der Waals surface area contributed by atoms with Crippen molar-refractivity contribution in [3.05, 3.63) is 77.1 Å². The van der Waals surface area contributed by atoms with Crippen LogP contribution in [0.25, 0.3) is 10.9 Å². The summed E-state index contributed by atoms with van der Waals surface area (Å²) >= 11 is 0. The van der Waals surface area contributed by atoms with Crippen LogP contribution in [0.2, 0.25) is 0 Å². The molecule has 1 N–H and O–H groups in total. The van der Waals surface area contributed by atoms with Gasteiger partial charge in [-0.2, -0.15) is 0 Å². The number of fused-ring (bicyclic) bond motifs is 1. The quantitative estimate of drug-likeness (QED) is 0.534. The minimum atomic E-state index is -0.00339. The smallest absolute Gasteiger partial charge is 0.145 e. The molecule has 0 aliphatic carbocycles. The summed E-state index contributed by atoms with van der Waals surface area (Å²) in [6, 6.07) is 14.4. The molecule has 0 bridgehead atoms. The van der Waals surface area contributed by atoms with Crippen LogP contribution in [0, 0.1) is 13.8 Å². The monoisotopic (exact) mass is 400 g/mol. The standard InChI is InChI=1S/C26H28N2O2/c1-4-30-24-13-11-20(15-17(24)2)23(16-21-7-5-6-14-27-21)22-12-10-19-9-8-18(3)28-25(19)26(22)29/h6,8-15,23,29H,4-5,7,16H2,1-3H3. The summed E-state index contributed by atoms with van der Waals surface area (Å²) in [7, 11) is 0. The van der Waals surface area contributed by atoms with E-state index in [9.17, 15) is 5.11 Å². The second-order valence-electron chi connectivity index (χ2n) is 7.86. The molecule has 4 rings (SSSR count). The maximum Gasteiger partial charge on any atom is 0.145 e. The molecule has 1 aliphatic rings. The molecule has 2 heterocycles. The second-order valence-corrected chi connectivity index (χ2v) is 7.86. The van der Waals surface area contributed by atoms with E-state index in [0.717, 1.165) is 58.5 Å². The lowest BCUT2D eigenvalue weighted by Crippen LogP contribution is -2.11. The fraction of sp³-hybridized carbons (Fsp3) is 0.308. The molecular formula is C26H28N2O2. The predicted octanol–water partition coefficient (Wildman–Crippen LogP) is 6.23. The topological polar surface area (TPSA) is 54.7 Å². The number of ether oxygens (including phenoxy) is 1. The van der Waals surface area contributed by atoms with Crippen LogP contribution in [0.5, 0.6) is 11.5 Å². The van der Waals surface area contributed by atoms with Crippen molar-refractivity contribution in [2.24, 2.45) is 4.99 Å². The van der Waals surface area contributed by atoms with Crippen LogP contribution >= 0.6 is 0 Å². The number of pyridine rings is 1. The van der Waals surface area contributed by atoms with Gasteiger partial charge < -0.3 is 9.84 Å². The number of rotatable bonds is 6. The van der Waals surface area contributed by atoms with Crippen molar-refractivity contribution in [2.75, 3.05) is 6.61 Å². The van der Waals surface area contributed by atoms with Gasteiger partial charge in [0.2, 0.25) is 0 Å². The van der Waals surface area contributed by atoms with Crippen LogP contribution in [-0.4, -0.2) is 22.4 Å². The average molecular weight is 401 g/mol. The highest BCUT2D eigenvalue weighted by Gasteiger charge is 2.23. The molecule has 0 fully saturated rings. The zero-order valence-corrected chi connectivity index (χ0v) is 17.9. The van der Waals surface area contributed by atoms with E-state index in [1.165, 1.54) is 0 Å². The van der Waals surface area contributed by atoms with Gasteiger partial charge in [-0.15, -0.1) is 0 Å². The first-order chi connectivity index (χ1) is 14.6. The molecule has 4 nitrogen and oxygen atoms in total. The van der Waals surface area contributed by atoms with Crippen molar-refractivity contribution < 1.29 is 9.84 Å². The Hall–Kier alpha value is -3.14. The lowest BCUT2D eigenvalue weighted by Gasteiger charge is -2.22. The molecule has 0 radical (unpaired) electrons. The van der Waals surface area contributed by atoms with Gasteiger partial charge in [-0.1, -0.05) is 36.4 Å². The molecule has 30 heavy (non-hydrogen) atoms. The zero-order valence-electron chi connectivity index (χ0n) is 17.9. The van der Waals surface area contributed by atoms with Crippen LogP contribution in [0.3, 0.4) is 0 Å². The number of benzene rings is 2. The Morgan fingerprint density at radius 1 is 1.10 bits per heavy atom. The maximum atomic E-state index is 11.2. The van der Waals surface area contributed by atoms with E-state index in [-0.39, 0.29) is 11.7 Å². The lowest BCUT2D eigenvalue weighted by atomic mass is 9.84. The predicted molar refractivity (Wildman–Crippen MR) is 123 cm³/mol. The Labute approximate surface area is 178 Å². The molecule has 1 atom stereocenters. The van der Waals surface area contributed by atoms with E-state index in [4.69, 9.17) is 4.74 Å². The Morgan fingerprint density at radius 2 is 1.93 bits per heavy atom. The summed E-state index contributed by atoms with van der Waals surface area (Å²) in [5, 5.41) is 12.1. The van der Waals surface area contributed by atoms with Gasteiger partial charge in [0.25, 0.3) is 0 Å². The Bertz CT molecular complexity index is 1130. The van der Waals surface area contributed by atoms with Crippen LogP contribution in [0.1, 0.15) is 54.5 Å². The highest BCUT2D eigenvalue weighted by molar-refractivity contribution is 5.89. The van der Waals surface area contributed by atoms with E-state index >= 15 is 0 Å². The first-order valence-corrected chi connectivity index (χ1v) is 10.6. The number of hydrogen-bond acceptors (Lipinski definition) is 4. The summed E-state index contributed by atoms with van der Waals surface area (Å²) in [4.78, 5) is 9.21. The van der Waals surface area contributed by atoms with Gasteiger partial charge in [-0.25, -0.2) is 4.98 Å². The Balaban J connectivity index is 1.82. The van der Waals surface area contributed by atoms with Crippen molar-refractivity contribution in [3.63, 3.8) is 0 Å². The van der Waals surface area contributed by atoms with E-state index in [2.05, 4.69) is 35.1 Å². The largest absolute Gasteiger partial charge is 0.505 e. The number of phenolic OH excluding ortho intramolecular Hbond substituents is 1. The zero-order chi connectivity index (χ0) is 21.1. The first-order valence-electron chi connectivity index (χ1n) is 10.6. The molecule has 0 saturated carbocycles. The van der Waals surface area contributed by atoms with Crippen LogP contribution < -0.4 is 4.74 Å². The highest BCUT2D eigenvalue weighted by atomic mass is 16.5. The van der Waals surface area contributed by atoms with Gasteiger partial charge in [0.1, 0.15) is 17.0 Å². The average Bonchev–Trinajstić information content (AvgIpc) is 2.75. The van der Waals surface area contributed by atoms with Crippen molar-refractivity contribution in [2.45, 2.75) is 46.0 Å². The fourth-order valence-corrected chi connectivity index (χ4v) is 4.12. The number of aromatic nitrogens is 1. The number of hydrogen-bond donors (Lipinski definition) is 1. The fourth-order valence-electron chi connectivity index (χ4n) is 4.12. The summed E-state index contributed by atoms with van der Waals surface area (Å²) in [6.07, 6.45) is 6.72. The Kier molecular flexibility index (Phi) is 5.84. The lowest BCUT2D eigenvalue weighted by molar-refractivity contribution is 0.337. The molecule has 3 aromatic rings. The molecule has 1 aliphatic heterocycles. The van der Waals surface area contributed by atoms with E-state index in [1.54, 1.807) is 0 Å². The first kappa shape index (κ1) is 20.1. The van der Waals surface area contributed by atoms with Gasteiger partial charge in [-0.3, -0.25) is 4.99 Å². The summed E-state index contributed by atoms with van der Waals surface area (Å²) in [6.45, 7) is 6.65. The second kappa shape index (κ2) is 8.70. The van der Waals surface area contributed by atoms with E-state index < -0.39 is 0 Å². The molecular weight excluding hydrogens is 372 g/mol. The number of allylic oxidation sites excluding steroid dienone is 1. The third-order valence-corrected chi connectivity index (χ3v) is 5.68. The molecule has 0 spiro atoms. The third-order valence-electron chi connectivity index (χ3n) is 5.68. The summed E-state index contributed by atoms with van der Waals surface area (Å²) in [5.41, 5.74) is 5.84. The molecule has 2 aromatic carbocycles. The van der Waals surface area contributed by atoms with Gasteiger partial charge in [0, 0.05) is 34.5 Å².